The van der Waals surface area contributed by atoms with Crippen molar-refractivity contribution >= 4 is 17.0 Å². The Morgan fingerprint density at radius 3 is 2.43 bits per heavy atom. The van der Waals surface area contributed by atoms with Gasteiger partial charge in [-0.15, -0.1) is 11.3 Å². The highest BCUT2D eigenvalue weighted by Crippen LogP contribution is 2.23. The number of thiazole rings is 1. The van der Waals surface area contributed by atoms with Crippen LogP contribution in [0.15, 0.2) is 39.7 Å². The Morgan fingerprint density at radius 2 is 1.83 bits per heavy atom. The van der Waals surface area contributed by atoms with Crippen molar-refractivity contribution in [3.05, 3.63) is 40.3 Å². The van der Waals surface area contributed by atoms with Crippen LogP contribution in [0.4, 0.5) is 4.39 Å². The van der Waals surface area contributed by atoms with Gasteiger partial charge in [0.2, 0.25) is 4.80 Å². The third-order valence-electron chi connectivity index (χ3n) is 3.45. The molecule has 0 radical (unpaired) electrons. The minimum Gasteiger partial charge on any atom is -0.258 e. The first-order valence-electron chi connectivity index (χ1n) is 8.23. The lowest BCUT2D eigenvalue weighted by Crippen LogP contribution is -2.15. The van der Waals surface area contributed by atoms with Crippen LogP contribution in [0.1, 0.15) is 46.5 Å². The van der Waals surface area contributed by atoms with Gasteiger partial charge in [-0.3, -0.25) is 4.99 Å². The van der Waals surface area contributed by atoms with Gasteiger partial charge in [-0.05, 0) is 31.9 Å². The largest absolute Gasteiger partial charge is 0.258 e. The van der Waals surface area contributed by atoms with E-state index in [4.69, 9.17) is 5.10 Å². The fraction of sp³-hybridized carbons (Fsp3) is 0.444. The molecule has 2 rings (SSSR count). The zero-order chi connectivity index (χ0) is 16.7. The van der Waals surface area contributed by atoms with Crippen molar-refractivity contribution in [2.24, 2.45) is 10.1 Å². The summed E-state index contributed by atoms with van der Waals surface area (Å²) in [6.45, 7) is 6.98. The number of halogens is 1. The molecule has 0 N–H and O–H groups in total. The lowest BCUT2D eigenvalue weighted by atomic mass is 10.1. The first-order chi connectivity index (χ1) is 11.2. The molecule has 1 aromatic carbocycles. The molecule has 0 fully saturated rings. The van der Waals surface area contributed by atoms with Gasteiger partial charge in [-0.2, -0.15) is 5.10 Å². The van der Waals surface area contributed by atoms with Crippen LogP contribution in [-0.2, 0) is 0 Å². The number of hydrogen-bond acceptors (Lipinski definition) is 3. The van der Waals surface area contributed by atoms with Gasteiger partial charge in [0, 0.05) is 23.2 Å². The molecule has 3 nitrogen and oxygen atoms in total. The van der Waals surface area contributed by atoms with E-state index in [-0.39, 0.29) is 5.82 Å². The summed E-state index contributed by atoms with van der Waals surface area (Å²) < 4.78 is 16.0. The van der Waals surface area contributed by atoms with Crippen molar-refractivity contribution in [3.8, 4) is 11.3 Å². The van der Waals surface area contributed by atoms with E-state index < -0.39 is 0 Å². The van der Waals surface area contributed by atoms with Crippen molar-refractivity contribution in [3.63, 3.8) is 0 Å². The second kappa shape index (κ2) is 8.77. The number of rotatable bonds is 7. The Labute approximate surface area is 141 Å². The van der Waals surface area contributed by atoms with Crippen molar-refractivity contribution in [1.29, 1.82) is 0 Å². The van der Waals surface area contributed by atoms with E-state index in [1.807, 2.05) is 23.0 Å². The lowest BCUT2D eigenvalue weighted by Gasteiger charge is -2.08. The Bertz CT molecular complexity index is 720. The van der Waals surface area contributed by atoms with Gasteiger partial charge in [0.25, 0.3) is 0 Å². The normalized spacial score (nSPS) is 11.7. The summed E-state index contributed by atoms with van der Waals surface area (Å²) in [6.07, 6.45) is 4.02. The predicted octanol–water partition coefficient (Wildman–Crippen LogP) is 5.08. The number of aromatic nitrogens is 1. The van der Waals surface area contributed by atoms with Gasteiger partial charge in [0.05, 0.1) is 5.69 Å². The van der Waals surface area contributed by atoms with Gasteiger partial charge < -0.3 is 0 Å². The third-order valence-corrected chi connectivity index (χ3v) is 4.30. The number of benzene rings is 1. The van der Waals surface area contributed by atoms with E-state index in [9.17, 15) is 4.39 Å². The summed E-state index contributed by atoms with van der Waals surface area (Å²) >= 11 is 1.50. The molecule has 0 saturated heterocycles. The van der Waals surface area contributed by atoms with Crippen LogP contribution in [0, 0.1) is 5.82 Å². The van der Waals surface area contributed by atoms with Crippen LogP contribution in [0.5, 0.6) is 0 Å². The monoisotopic (exact) mass is 333 g/mol. The molecule has 0 unspecified atom stereocenters. The average molecular weight is 333 g/mol. The van der Waals surface area contributed by atoms with Gasteiger partial charge in [0.15, 0.2) is 0 Å². The van der Waals surface area contributed by atoms with Crippen LogP contribution in [0.2, 0.25) is 0 Å². The maximum Gasteiger partial charge on any atom is 0.206 e. The topological polar surface area (TPSA) is 29.6 Å². The van der Waals surface area contributed by atoms with E-state index >= 15 is 0 Å². The minimum atomic E-state index is -0.232. The van der Waals surface area contributed by atoms with E-state index in [0.29, 0.717) is 12.1 Å². The van der Waals surface area contributed by atoms with Gasteiger partial charge in [-0.25, -0.2) is 9.07 Å². The molecule has 1 heterocycles. The molecule has 23 heavy (non-hydrogen) atoms. The quantitative estimate of drug-likeness (QED) is 0.632. The molecule has 0 bridgehead atoms. The zero-order valence-corrected chi connectivity index (χ0v) is 14.9. The maximum absolute atomic E-state index is 14.2. The standard InChI is InChI=1S/C18H24FN3S/c1-4-9-14(10-5-2)21-22-17(13-23-18(22)20-6-3)15-11-7-8-12-16(15)19/h7-8,11-13H,4-6,9-10H2,1-3H3. The van der Waals surface area contributed by atoms with Crippen LogP contribution in [0.25, 0.3) is 11.3 Å². The van der Waals surface area contributed by atoms with Crippen molar-refractivity contribution < 1.29 is 4.39 Å². The average Bonchev–Trinajstić information content (AvgIpc) is 2.91. The van der Waals surface area contributed by atoms with Crippen molar-refractivity contribution in [2.45, 2.75) is 46.5 Å². The molecular formula is C18H24FN3S. The van der Waals surface area contributed by atoms with Crippen LogP contribution in [-0.4, -0.2) is 16.9 Å². The summed E-state index contributed by atoms with van der Waals surface area (Å²) in [5.74, 6) is -0.232. The van der Waals surface area contributed by atoms with Gasteiger partial charge >= 0.3 is 0 Å². The smallest absolute Gasteiger partial charge is 0.206 e. The highest BCUT2D eigenvalue weighted by Gasteiger charge is 2.12. The first kappa shape index (κ1) is 17.6. The molecule has 0 aliphatic carbocycles. The highest BCUT2D eigenvalue weighted by molar-refractivity contribution is 7.07. The predicted molar refractivity (Wildman–Crippen MR) is 96.5 cm³/mol. The fourth-order valence-electron chi connectivity index (χ4n) is 2.44. The fourth-order valence-corrected chi connectivity index (χ4v) is 3.32. The molecule has 124 valence electrons. The minimum absolute atomic E-state index is 0.232. The molecule has 0 atom stereocenters. The molecule has 0 aliphatic rings. The SMILES string of the molecule is CCCC(CCC)=Nn1c(-c2ccccc2F)csc1=NCC. The summed E-state index contributed by atoms with van der Waals surface area (Å²) in [7, 11) is 0. The molecule has 1 aromatic heterocycles. The van der Waals surface area contributed by atoms with E-state index in [2.05, 4.69) is 18.8 Å². The molecule has 0 spiro atoms. The Balaban J connectivity index is 2.60. The highest BCUT2D eigenvalue weighted by atomic mass is 32.1. The summed E-state index contributed by atoms with van der Waals surface area (Å²) in [5.41, 5.74) is 2.48. The Morgan fingerprint density at radius 1 is 1.13 bits per heavy atom. The lowest BCUT2D eigenvalue weighted by molar-refractivity contribution is 0.629. The van der Waals surface area contributed by atoms with Crippen LogP contribution < -0.4 is 4.80 Å². The molecule has 0 saturated carbocycles. The molecular weight excluding hydrogens is 309 g/mol. The van der Waals surface area contributed by atoms with Gasteiger partial charge in [0.1, 0.15) is 5.82 Å². The molecule has 0 aliphatic heterocycles. The number of nitrogens with zero attached hydrogens (tertiary/aromatic N) is 3. The second-order valence-electron chi connectivity index (χ2n) is 5.34. The summed E-state index contributed by atoms with van der Waals surface area (Å²) in [6, 6.07) is 6.82. The molecule has 5 heteroatoms. The third kappa shape index (κ3) is 4.38. The second-order valence-corrected chi connectivity index (χ2v) is 6.17. The van der Waals surface area contributed by atoms with Crippen LogP contribution in [0.3, 0.4) is 0 Å². The Hall–Kier alpha value is -1.75. The van der Waals surface area contributed by atoms with Crippen molar-refractivity contribution in [1.82, 2.24) is 4.68 Å². The summed E-state index contributed by atoms with van der Waals surface area (Å²) in [4.78, 5) is 5.32. The zero-order valence-electron chi connectivity index (χ0n) is 14.1. The maximum atomic E-state index is 14.2. The van der Waals surface area contributed by atoms with Gasteiger partial charge in [-0.1, -0.05) is 38.8 Å². The van der Waals surface area contributed by atoms with E-state index in [1.165, 1.54) is 17.4 Å². The van der Waals surface area contributed by atoms with Crippen molar-refractivity contribution in [2.75, 3.05) is 6.54 Å². The first-order valence-corrected chi connectivity index (χ1v) is 9.11. The number of hydrogen-bond donors (Lipinski definition) is 0. The van der Waals surface area contributed by atoms with E-state index in [0.717, 1.165) is 41.9 Å². The Kier molecular flexibility index (Phi) is 6.71. The molecule has 2 aromatic rings. The summed E-state index contributed by atoms with van der Waals surface area (Å²) in [5, 5.41) is 6.75. The van der Waals surface area contributed by atoms with Crippen LogP contribution >= 0.6 is 11.3 Å². The van der Waals surface area contributed by atoms with E-state index in [1.54, 1.807) is 12.1 Å². The molecule has 0 amide bonds.